The molecule has 0 spiro atoms. The van der Waals surface area contributed by atoms with Crippen molar-refractivity contribution in [3.63, 3.8) is 0 Å². The molecule has 0 heterocycles. The number of hydrogen-bond acceptors (Lipinski definition) is 8. The Morgan fingerprint density at radius 1 is 0.381 bits per heavy atom. The van der Waals surface area contributed by atoms with Crippen LogP contribution in [0.5, 0.6) is 0 Å². The summed E-state index contributed by atoms with van der Waals surface area (Å²) in [5.41, 5.74) is 0. The lowest BCUT2D eigenvalue weighted by atomic mass is 10.0. The largest absolute Gasteiger partial charge is 0.756 e. The minimum Gasteiger partial charge on any atom is -0.756 e. The highest BCUT2D eigenvalue weighted by Crippen LogP contribution is 2.38. The third kappa shape index (κ3) is 68.6. The van der Waals surface area contributed by atoms with Crippen LogP contribution >= 0.6 is 7.82 Å². The highest BCUT2D eigenvalue weighted by atomic mass is 31.2. The number of carbonyl (C=O) groups excluding carboxylic acids is 2. The Kier molecular flexibility index (Phi) is 62.9. The van der Waals surface area contributed by atoms with Crippen molar-refractivity contribution in [1.82, 2.24) is 0 Å². The molecule has 9 nitrogen and oxygen atoms in total. The number of nitrogens with zero attached hydrogens (tertiary/aromatic N) is 1. The van der Waals surface area contributed by atoms with Gasteiger partial charge >= 0.3 is 11.9 Å². The van der Waals surface area contributed by atoms with Gasteiger partial charge in [0.25, 0.3) is 7.82 Å². The van der Waals surface area contributed by atoms with Crippen LogP contribution in [0.2, 0.25) is 0 Å². The smallest absolute Gasteiger partial charge is 0.306 e. The maximum atomic E-state index is 12.9. The Morgan fingerprint density at radius 3 is 1.01 bits per heavy atom. The number of hydrogen-bond donors (Lipinski definition) is 0. The summed E-state index contributed by atoms with van der Waals surface area (Å²) in [7, 11) is 1.18. The fraction of sp³-hybridized carbons (Fsp3) is 0.811. The number of phosphoric ester groups is 1. The molecule has 0 N–H and O–H groups in total. The van der Waals surface area contributed by atoms with E-state index in [1.165, 1.54) is 225 Å². The van der Waals surface area contributed by atoms with Crippen LogP contribution in [0.1, 0.15) is 335 Å². The monoisotopic (exact) mass is 1200 g/mol. The van der Waals surface area contributed by atoms with Gasteiger partial charge in [0, 0.05) is 12.8 Å². The summed E-state index contributed by atoms with van der Waals surface area (Å²) in [5.74, 6) is -0.814. The molecule has 10 heteroatoms. The molecule has 0 radical (unpaired) electrons. The molecule has 0 aliphatic rings. The summed E-state index contributed by atoms with van der Waals surface area (Å²) in [5, 5.41) is 0. The summed E-state index contributed by atoms with van der Waals surface area (Å²) < 4.78 is 34.3. The Balaban J connectivity index is 3.95. The Hall–Kier alpha value is -2.55. The van der Waals surface area contributed by atoms with Gasteiger partial charge in [-0.15, -0.1) is 0 Å². The van der Waals surface area contributed by atoms with Crippen molar-refractivity contribution in [2.75, 3.05) is 47.5 Å². The number of carbonyl (C=O) groups is 2. The zero-order valence-corrected chi connectivity index (χ0v) is 56.7. The van der Waals surface area contributed by atoms with Gasteiger partial charge in [0.05, 0.1) is 27.7 Å². The molecule has 0 rings (SSSR count). The predicted molar refractivity (Wildman–Crippen MR) is 360 cm³/mol. The molecular weight excluding hydrogens is 1060 g/mol. The number of likely N-dealkylation sites (N-methyl/N-ethyl adjacent to an activating group) is 1. The van der Waals surface area contributed by atoms with Crippen LogP contribution in [0.25, 0.3) is 0 Å². The lowest BCUT2D eigenvalue weighted by Crippen LogP contribution is -2.37. The summed E-state index contributed by atoms with van der Waals surface area (Å²) >= 11 is 0. The van der Waals surface area contributed by atoms with Gasteiger partial charge in [0.2, 0.25) is 0 Å². The van der Waals surface area contributed by atoms with Gasteiger partial charge in [-0.25, -0.2) is 0 Å². The van der Waals surface area contributed by atoms with Crippen molar-refractivity contribution in [2.24, 2.45) is 0 Å². The summed E-state index contributed by atoms with van der Waals surface area (Å²) in [6.07, 6.45) is 87.1. The van der Waals surface area contributed by atoms with Gasteiger partial charge in [-0.3, -0.25) is 14.2 Å². The fourth-order valence-electron chi connectivity index (χ4n) is 10.3. The van der Waals surface area contributed by atoms with Crippen LogP contribution in [0.3, 0.4) is 0 Å². The quantitative estimate of drug-likeness (QED) is 0.0195. The van der Waals surface area contributed by atoms with Crippen LogP contribution in [0.15, 0.2) is 72.9 Å². The van der Waals surface area contributed by atoms with E-state index in [9.17, 15) is 19.0 Å². The molecule has 84 heavy (non-hydrogen) atoms. The standard InChI is InChI=1S/C74H136NO8P/c1-6-8-10-12-14-16-18-20-22-24-26-28-29-30-31-32-33-34-35-36-37-38-39-40-41-42-43-44-45-47-49-51-53-55-57-59-61-63-65-67-74(77)83-72(71-82-84(78,79)81-69-68-75(3,4)5)70-80-73(76)66-64-62-60-58-56-54-52-50-48-46-27-25-23-21-19-17-15-13-11-9-7-2/h8,10,14,16,20,22,26,28,30-31,33-34,72H,6-7,9,11-13,15,17-19,21,23-25,27,29,32,35-71H2,1-5H3/b10-8-,16-14-,22-20-,28-26-,31-30-,34-33-. The number of allylic oxidation sites excluding steroid dienone is 12. The van der Waals surface area contributed by atoms with Crippen LogP contribution < -0.4 is 4.89 Å². The van der Waals surface area contributed by atoms with Gasteiger partial charge in [-0.1, -0.05) is 331 Å². The van der Waals surface area contributed by atoms with E-state index in [-0.39, 0.29) is 32.0 Å². The van der Waals surface area contributed by atoms with Crippen molar-refractivity contribution in [3.8, 4) is 0 Å². The normalized spacial score (nSPS) is 13.5. The van der Waals surface area contributed by atoms with Gasteiger partial charge in [0.1, 0.15) is 19.8 Å². The van der Waals surface area contributed by atoms with Gasteiger partial charge < -0.3 is 27.9 Å². The van der Waals surface area contributed by atoms with Gasteiger partial charge in [-0.05, 0) is 64.2 Å². The molecule has 2 unspecified atom stereocenters. The Labute approximate surface area is 520 Å². The lowest BCUT2D eigenvalue weighted by Gasteiger charge is -2.28. The third-order valence-corrected chi connectivity index (χ3v) is 16.7. The second kappa shape index (κ2) is 64.9. The minimum absolute atomic E-state index is 0.0289. The van der Waals surface area contributed by atoms with Crippen molar-refractivity contribution in [2.45, 2.75) is 341 Å². The first-order valence-electron chi connectivity index (χ1n) is 35.6. The van der Waals surface area contributed by atoms with Crippen LogP contribution in [0, 0.1) is 0 Å². The maximum Gasteiger partial charge on any atom is 0.306 e. The number of phosphoric acid groups is 1. The number of quaternary nitrogens is 1. The molecule has 0 aromatic carbocycles. The highest BCUT2D eigenvalue weighted by molar-refractivity contribution is 7.45. The first-order chi connectivity index (χ1) is 41.0. The van der Waals surface area contributed by atoms with Gasteiger partial charge in [0.15, 0.2) is 6.10 Å². The molecule has 0 saturated heterocycles. The average molecular weight is 1200 g/mol. The molecule has 490 valence electrons. The molecule has 0 fully saturated rings. The molecule has 0 aliphatic carbocycles. The average Bonchev–Trinajstić information content (AvgIpc) is 3.61. The SMILES string of the molecule is CC/C=C\C/C=C\C/C=C\C/C=C\C/C=C\C/C=C\CCCCCCCCCCCCCCCCCCCCCCC(=O)OC(COC(=O)CCCCCCCCCCCCCCCCCCCCCCC)COP(=O)([O-])OCC[N+](C)(C)C. The van der Waals surface area contributed by atoms with Crippen LogP contribution in [0.4, 0.5) is 0 Å². The van der Waals surface area contributed by atoms with E-state index in [2.05, 4.69) is 86.8 Å². The first kappa shape index (κ1) is 81.5. The van der Waals surface area contributed by atoms with Crippen LogP contribution in [-0.4, -0.2) is 70.0 Å². The van der Waals surface area contributed by atoms with Crippen molar-refractivity contribution in [1.29, 1.82) is 0 Å². The molecule has 0 amide bonds. The molecule has 2 atom stereocenters. The van der Waals surface area contributed by atoms with Crippen molar-refractivity contribution < 1.29 is 42.1 Å². The first-order valence-corrected chi connectivity index (χ1v) is 37.1. The zero-order valence-electron chi connectivity index (χ0n) is 55.8. The molecular formula is C74H136NO8P. The topological polar surface area (TPSA) is 111 Å². The molecule has 0 bridgehead atoms. The van der Waals surface area contributed by atoms with E-state index in [0.29, 0.717) is 17.4 Å². The summed E-state index contributed by atoms with van der Waals surface area (Å²) in [6.45, 7) is 4.18. The highest BCUT2D eigenvalue weighted by Gasteiger charge is 2.22. The number of rotatable bonds is 66. The van der Waals surface area contributed by atoms with Crippen LogP contribution in [-0.2, 0) is 32.7 Å². The lowest BCUT2D eigenvalue weighted by molar-refractivity contribution is -0.870. The fourth-order valence-corrected chi connectivity index (χ4v) is 11.0. The van der Waals surface area contributed by atoms with Crippen molar-refractivity contribution >= 4 is 19.8 Å². The molecule has 0 aromatic rings. The number of esters is 2. The van der Waals surface area contributed by atoms with E-state index in [1.807, 2.05) is 21.1 Å². The van der Waals surface area contributed by atoms with E-state index in [4.69, 9.17) is 18.5 Å². The Bertz CT molecular complexity index is 1650. The summed E-state index contributed by atoms with van der Waals surface area (Å²) in [6, 6.07) is 0. The van der Waals surface area contributed by atoms with E-state index in [1.54, 1.807) is 0 Å². The summed E-state index contributed by atoms with van der Waals surface area (Å²) in [4.78, 5) is 38.0. The molecule has 0 aliphatic heterocycles. The van der Waals surface area contributed by atoms with E-state index >= 15 is 0 Å². The second-order valence-corrected chi connectivity index (χ2v) is 26.6. The maximum absolute atomic E-state index is 12.9. The molecule has 0 aromatic heterocycles. The third-order valence-electron chi connectivity index (χ3n) is 15.7. The molecule has 0 saturated carbocycles. The van der Waals surface area contributed by atoms with Gasteiger partial charge in [-0.2, -0.15) is 0 Å². The minimum atomic E-state index is -4.64. The number of unbranched alkanes of at least 4 members (excludes halogenated alkanes) is 40. The van der Waals surface area contributed by atoms with E-state index in [0.717, 1.165) is 77.0 Å². The zero-order chi connectivity index (χ0) is 61.2. The van der Waals surface area contributed by atoms with Crippen molar-refractivity contribution in [3.05, 3.63) is 72.9 Å². The second-order valence-electron chi connectivity index (χ2n) is 25.2. The predicted octanol–water partition coefficient (Wildman–Crippen LogP) is 22.5. The number of ether oxygens (including phenoxy) is 2. The van der Waals surface area contributed by atoms with E-state index < -0.39 is 26.5 Å². The Morgan fingerprint density at radius 2 is 0.679 bits per heavy atom.